The van der Waals surface area contributed by atoms with Crippen LogP contribution in [0.5, 0.6) is 0 Å². The molecular weight excluding hydrogens is 214 g/mol. The second-order valence-electron chi connectivity index (χ2n) is 4.93. The van der Waals surface area contributed by atoms with Gasteiger partial charge in [-0.25, -0.2) is 0 Å². The number of anilines is 1. The van der Waals surface area contributed by atoms with Crippen molar-refractivity contribution in [1.29, 1.82) is 0 Å². The molecule has 17 heavy (non-hydrogen) atoms. The first kappa shape index (κ1) is 12.0. The second-order valence-corrected chi connectivity index (χ2v) is 4.93. The molecule has 3 heteroatoms. The van der Waals surface area contributed by atoms with Crippen LogP contribution >= 0.6 is 0 Å². The van der Waals surface area contributed by atoms with Crippen molar-refractivity contribution in [3.8, 4) is 0 Å². The molecule has 1 aliphatic rings. The number of nitrogen functional groups attached to an aromatic ring is 1. The number of hydrogen-bond acceptors (Lipinski definition) is 3. The molecule has 92 valence electrons. The van der Waals surface area contributed by atoms with Crippen molar-refractivity contribution in [3.05, 3.63) is 29.8 Å². The molecule has 0 heterocycles. The zero-order chi connectivity index (χ0) is 12.4. The van der Waals surface area contributed by atoms with E-state index in [1.165, 1.54) is 12.7 Å². The standard InChI is InChI=1S/C14H19NO2/c1-9(10-3-5-12(15)6-4-10)7-11-8-13(11)14(16)17-2/h3-6,9,11,13H,7-8,15H2,1-2H3. The maximum Gasteiger partial charge on any atom is 0.308 e. The normalized spacial score (nSPS) is 24.1. The van der Waals surface area contributed by atoms with Gasteiger partial charge >= 0.3 is 5.97 Å². The smallest absolute Gasteiger partial charge is 0.308 e. The van der Waals surface area contributed by atoms with Crippen molar-refractivity contribution in [1.82, 2.24) is 0 Å². The predicted octanol–water partition coefficient (Wildman–Crippen LogP) is 2.57. The van der Waals surface area contributed by atoms with Gasteiger partial charge in [0.15, 0.2) is 0 Å². The number of methoxy groups -OCH3 is 1. The first-order valence-corrected chi connectivity index (χ1v) is 6.05. The number of hydrogen-bond donors (Lipinski definition) is 1. The molecule has 1 fully saturated rings. The Morgan fingerprint density at radius 1 is 1.47 bits per heavy atom. The SMILES string of the molecule is COC(=O)C1CC1CC(C)c1ccc(N)cc1. The van der Waals surface area contributed by atoms with E-state index in [0.29, 0.717) is 11.8 Å². The molecule has 1 saturated carbocycles. The third kappa shape index (κ3) is 2.78. The topological polar surface area (TPSA) is 52.3 Å². The maximum absolute atomic E-state index is 11.3. The Morgan fingerprint density at radius 2 is 2.12 bits per heavy atom. The Balaban J connectivity index is 1.88. The lowest BCUT2D eigenvalue weighted by atomic mass is 9.94. The van der Waals surface area contributed by atoms with Crippen molar-refractivity contribution in [2.45, 2.75) is 25.7 Å². The monoisotopic (exact) mass is 233 g/mol. The van der Waals surface area contributed by atoms with E-state index in [1.807, 2.05) is 12.1 Å². The van der Waals surface area contributed by atoms with Gasteiger partial charge in [-0.1, -0.05) is 19.1 Å². The summed E-state index contributed by atoms with van der Waals surface area (Å²) in [5.41, 5.74) is 7.74. The summed E-state index contributed by atoms with van der Waals surface area (Å²) in [4.78, 5) is 11.3. The van der Waals surface area contributed by atoms with E-state index in [0.717, 1.165) is 18.5 Å². The van der Waals surface area contributed by atoms with Crippen LogP contribution in [-0.2, 0) is 9.53 Å². The average Bonchev–Trinajstić information content (AvgIpc) is 3.08. The van der Waals surface area contributed by atoms with Crippen LogP contribution in [0.4, 0.5) is 5.69 Å². The minimum Gasteiger partial charge on any atom is -0.469 e. The van der Waals surface area contributed by atoms with Gasteiger partial charge in [-0.2, -0.15) is 0 Å². The van der Waals surface area contributed by atoms with E-state index < -0.39 is 0 Å². The van der Waals surface area contributed by atoms with Crippen molar-refractivity contribution in [3.63, 3.8) is 0 Å². The van der Waals surface area contributed by atoms with Gasteiger partial charge in [-0.05, 0) is 42.4 Å². The second kappa shape index (κ2) is 4.78. The summed E-state index contributed by atoms with van der Waals surface area (Å²) in [5.74, 6) is 1.04. The number of rotatable bonds is 4. The summed E-state index contributed by atoms with van der Waals surface area (Å²) in [6.45, 7) is 2.19. The van der Waals surface area contributed by atoms with Crippen molar-refractivity contribution < 1.29 is 9.53 Å². The number of nitrogens with two attached hydrogens (primary N) is 1. The minimum absolute atomic E-state index is 0.0560. The summed E-state index contributed by atoms with van der Waals surface area (Å²) in [6, 6.07) is 7.98. The average molecular weight is 233 g/mol. The van der Waals surface area contributed by atoms with E-state index in [2.05, 4.69) is 19.1 Å². The number of carbonyl (C=O) groups excluding carboxylic acids is 1. The summed E-state index contributed by atoms with van der Waals surface area (Å²) < 4.78 is 4.75. The zero-order valence-corrected chi connectivity index (χ0v) is 10.3. The summed E-state index contributed by atoms with van der Waals surface area (Å²) in [7, 11) is 1.46. The number of ether oxygens (including phenoxy) is 1. The van der Waals surface area contributed by atoms with Crippen LogP contribution in [0, 0.1) is 11.8 Å². The highest BCUT2D eigenvalue weighted by Crippen LogP contribution is 2.45. The highest BCUT2D eigenvalue weighted by Gasteiger charge is 2.44. The highest BCUT2D eigenvalue weighted by molar-refractivity contribution is 5.75. The Kier molecular flexibility index (Phi) is 3.36. The molecule has 0 aromatic heterocycles. The van der Waals surface area contributed by atoms with Gasteiger partial charge in [-0.3, -0.25) is 4.79 Å². The van der Waals surface area contributed by atoms with Crippen LogP contribution in [0.1, 0.15) is 31.2 Å². The molecule has 0 spiro atoms. The van der Waals surface area contributed by atoms with Gasteiger partial charge in [0.25, 0.3) is 0 Å². The Bertz CT molecular complexity index is 399. The molecule has 3 unspecified atom stereocenters. The van der Waals surface area contributed by atoms with Gasteiger partial charge in [0.2, 0.25) is 0 Å². The summed E-state index contributed by atoms with van der Waals surface area (Å²) >= 11 is 0. The lowest BCUT2D eigenvalue weighted by Crippen LogP contribution is -2.05. The number of carbonyl (C=O) groups is 1. The van der Waals surface area contributed by atoms with E-state index in [9.17, 15) is 4.79 Å². The van der Waals surface area contributed by atoms with Crippen LogP contribution < -0.4 is 5.73 Å². The number of esters is 1. The van der Waals surface area contributed by atoms with Gasteiger partial charge < -0.3 is 10.5 Å². The third-order valence-electron chi connectivity index (χ3n) is 3.59. The molecule has 0 radical (unpaired) electrons. The van der Waals surface area contributed by atoms with Crippen LogP contribution in [0.25, 0.3) is 0 Å². The molecule has 3 nitrogen and oxygen atoms in total. The van der Waals surface area contributed by atoms with Crippen molar-refractivity contribution >= 4 is 11.7 Å². The predicted molar refractivity (Wildman–Crippen MR) is 67.5 cm³/mol. The number of benzene rings is 1. The minimum atomic E-state index is -0.0560. The van der Waals surface area contributed by atoms with E-state index in [4.69, 9.17) is 10.5 Å². The quantitative estimate of drug-likeness (QED) is 0.642. The van der Waals surface area contributed by atoms with Crippen LogP contribution in [0.15, 0.2) is 24.3 Å². The van der Waals surface area contributed by atoms with E-state index in [1.54, 1.807) is 0 Å². The van der Waals surface area contributed by atoms with Gasteiger partial charge in [0, 0.05) is 5.69 Å². The summed E-state index contributed by atoms with van der Waals surface area (Å²) in [6.07, 6.45) is 2.02. The Labute approximate surface area is 102 Å². The Morgan fingerprint density at radius 3 is 2.71 bits per heavy atom. The first-order valence-electron chi connectivity index (χ1n) is 6.05. The fourth-order valence-corrected chi connectivity index (χ4v) is 2.36. The molecule has 0 saturated heterocycles. The molecule has 3 atom stereocenters. The largest absolute Gasteiger partial charge is 0.469 e. The molecule has 2 N–H and O–H groups in total. The summed E-state index contributed by atoms with van der Waals surface area (Å²) in [5, 5.41) is 0. The maximum atomic E-state index is 11.3. The first-order chi connectivity index (χ1) is 8.11. The highest BCUT2D eigenvalue weighted by atomic mass is 16.5. The van der Waals surface area contributed by atoms with Crippen LogP contribution in [-0.4, -0.2) is 13.1 Å². The van der Waals surface area contributed by atoms with Crippen molar-refractivity contribution in [2.24, 2.45) is 11.8 Å². The van der Waals surface area contributed by atoms with Crippen LogP contribution in [0.3, 0.4) is 0 Å². The lowest BCUT2D eigenvalue weighted by Gasteiger charge is -2.11. The van der Waals surface area contributed by atoms with Crippen molar-refractivity contribution in [2.75, 3.05) is 12.8 Å². The zero-order valence-electron chi connectivity index (χ0n) is 10.3. The third-order valence-corrected chi connectivity index (χ3v) is 3.59. The molecule has 0 bridgehead atoms. The molecule has 2 rings (SSSR count). The van der Waals surface area contributed by atoms with Gasteiger partial charge in [0.05, 0.1) is 13.0 Å². The fourth-order valence-electron chi connectivity index (χ4n) is 2.36. The van der Waals surface area contributed by atoms with Crippen LogP contribution in [0.2, 0.25) is 0 Å². The molecule has 0 amide bonds. The van der Waals surface area contributed by atoms with E-state index >= 15 is 0 Å². The molecule has 1 aliphatic carbocycles. The van der Waals surface area contributed by atoms with Gasteiger partial charge in [-0.15, -0.1) is 0 Å². The Hall–Kier alpha value is -1.51. The molecule has 0 aliphatic heterocycles. The lowest BCUT2D eigenvalue weighted by molar-refractivity contribution is -0.142. The molecule has 1 aromatic carbocycles. The van der Waals surface area contributed by atoms with E-state index in [-0.39, 0.29) is 11.9 Å². The van der Waals surface area contributed by atoms with Gasteiger partial charge in [0.1, 0.15) is 0 Å². The molecular formula is C14H19NO2. The molecule has 1 aromatic rings. The fraction of sp³-hybridized carbons (Fsp3) is 0.500.